The third-order valence-electron chi connectivity index (χ3n) is 4.02. The van der Waals surface area contributed by atoms with E-state index in [1.807, 2.05) is 0 Å². The summed E-state index contributed by atoms with van der Waals surface area (Å²) in [6.07, 6.45) is 2.15. The third-order valence-corrected chi connectivity index (χ3v) is 4.02. The molecule has 0 aromatic heterocycles. The van der Waals surface area contributed by atoms with E-state index < -0.39 is 0 Å². The normalized spacial score (nSPS) is 11.7. The van der Waals surface area contributed by atoms with E-state index in [9.17, 15) is 0 Å². The monoisotopic (exact) mass is 287 g/mol. The number of fused-ring (bicyclic) bond motifs is 1. The molecule has 1 heteroatoms. The Labute approximate surface area is 132 Å². The van der Waals surface area contributed by atoms with E-state index in [-0.39, 0.29) is 0 Å². The molecule has 0 spiro atoms. The zero-order valence-corrected chi connectivity index (χ0v) is 13.4. The van der Waals surface area contributed by atoms with Crippen LogP contribution in [0.1, 0.15) is 19.4 Å². The van der Waals surface area contributed by atoms with Crippen LogP contribution in [0.2, 0.25) is 0 Å². The largest absolute Gasteiger partial charge is 0.315 e. The van der Waals surface area contributed by atoms with Gasteiger partial charge in [0.1, 0.15) is 0 Å². The number of rotatable bonds is 3. The minimum Gasteiger partial charge on any atom is -0.315 e. The van der Waals surface area contributed by atoms with Crippen molar-refractivity contribution in [3.05, 3.63) is 84.1 Å². The molecule has 22 heavy (non-hydrogen) atoms. The molecular weight excluding hydrogens is 266 g/mol. The van der Waals surface area contributed by atoms with Crippen molar-refractivity contribution < 1.29 is 0 Å². The summed E-state index contributed by atoms with van der Waals surface area (Å²) in [5, 5.41) is 2.54. The van der Waals surface area contributed by atoms with Crippen molar-refractivity contribution in [1.82, 2.24) is 0 Å². The molecule has 0 saturated carbocycles. The van der Waals surface area contributed by atoms with Gasteiger partial charge in [0.25, 0.3) is 0 Å². The van der Waals surface area contributed by atoms with Gasteiger partial charge in [-0.3, -0.25) is 0 Å². The van der Waals surface area contributed by atoms with Crippen molar-refractivity contribution in [2.45, 2.75) is 20.8 Å². The highest BCUT2D eigenvalue weighted by Crippen LogP contribution is 2.32. The van der Waals surface area contributed by atoms with Crippen LogP contribution in [-0.2, 0) is 0 Å². The Bertz CT molecular complexity index is 830. The number of hydrogen-bond donors (Lipinski definition) is 0. The highest BCUT2D eigenvalue weighted by molar-refractivity contribution is 5.87. The molecule has 0 saturated heterocycles. The van der Waals surface area contributed by atoms with Crippen LogP contribution in [-0.4, -0.2) is 0 Å². The lowest BCUT2D eigenvalue weighted by molar-refractivity contribution is 1.14. The number of nitrogens with zero attached hydrogens (tertiary/aromatic N) is 1. The molecule has 0 bridgehead atoms. The van der Waals surface area contributed by atoms with Gasteiger partial charge in [-0.1, -0.05) is 48.5 Å². The van der Waals surface area contributed by atoms with Crippen LogP contribution in [0.25, 0.3) is 10.8 Å². The number of hydrogen-bond acceptors (Lipinski definition) is 1. The molecule has 0 amide bonds. The summed E-state index contributed by atoms with van der Waals surface area (Å²) in [6, 6.07) is 23.8. The van der Waals surface area contributed by atoms with Crippen LogP contribution in [0.15, 0.2) is 78.5 Å². The average molecular weight is 287 g/mol. The molecule has 0 N–H and O–H groups in total. The van der Waals surface area contributed by atoms with Crippen molar-refractivity contribution in [2.24, 2.45) is 0 Å². The maximum Gasteiger partial charge on any atom is 0.0464 e. The van der Waals surface area contributed by atoms with Crippen LogP contribution in [0.3, 0.4) is 0 Å². The van der Waals surface area contributed by atoms with Gasteiger partial charge in [-0.15, -0.1) is 0 Å². The van der Waals surface area contributed by atoms with Crippen LogP contribution < -0.4 is 4.90 Å². The second-order valence-electron chi connectivity index (χ2n) is 5.64. The molecule has 0 radical (unpaired) electrons. The first-order valence-corrected chi connectivity index (χ1v) is 7.67. The second-order valence-corrected chi connectivity index (χ2v) is 5.64. The maximum atomic E-state index is 2.30. The zero-order valence-electron chi connectivity index (χ0n) is 13.4. The molecule has 1 nitrogen and oxygen atoms in total. The summed E-state index contributed by atoms with van der Waals surface area (Å²) in [4.78, 5) is 2.30. The molecule has 3 rings (SSSR count). The zero-order chi connectivity index (χ0) is 15.5. The molecule has 0 atom stereocenters. The van der Waals surface area contributed by atoms with E-state index in [2.05, 4.69) is 98.5 Å². The summed E-state index contributed by atoms with van der Waals surface area (Å²) < 4.78 is 0. The van der Waals surface area contributed by atoms with Gasteiger partial charge in [-0.25, -0.2) is 0 Å². The highest BCUT2D eigenvalue weighted by Gasteiger charge is 2.11. The molecular formula is C21H21N. The molecule has 110 valence electrons. The lowest BCUT2D eigenvalue weighted by atomic mass is 10.1. The predicted octanol–water partition coefficient (Wildman–Crippen LogP) is 6.21. The van der Waals surface area contributed by atoms with Crippen LogP contribution in [0.5, 0.6) is 0 Å². The molecule has 0 aliphatic heterocycles. The van der Waals surface area contributed by atoms with Crippen LogP contribution in [0.4, 0.5) is 11.4 Å². The van der Waals surface area contributed by atoms with Gasteiger partial charge in [0.05, 0.1) is 0 Å². The Kier molecular flexibility index (Phi) is 3.97. The molecule has 3 aromatic rings. The van der Waals surface area contributed by atoms with Gasteiger partial charge < -0.3 is 4.90 Å². The fourth-order valence-corrected chi connectivity index (χ4v) is 2.77. The van der Waals surface area contributed by atoms with Crippen molar-refractivity contribution in [1.29, 1.82) is 0 Å². The van der Waals surface area contributed by atoms with Crippen molar-refractivity contribution in [2.75, 3.05) is 4.90 Å². The SMILES string of the molecule is C/C=C(\C)N(c1cccc(C)c1)c1ccc2ccccc2c1. The standard InChI is InChI=1S/C21H21N/c1-4-17(3)22(20-11-7-8-16(2)14-20)21-13-12-18-9-5-6-10-19(18)15-21/h4-15H,1-3H3/b17-4+. The molecule has 0 aliphatic carbocycles. The van der Waals surface area contributed by atoms with Crippen molar-refractivity contribution in [3.63, 3.8) is 0 Å². The third kappa shape index (κ3) is 2.75. The summed E-state index contributed by atoms with van der Waals surface area (Å²) in [6.45, 7) is 6.36. The Morgan fingerprint density at radius 1 is 0.818 bits per heavy atom. The fraction of sp³-hybridized carbons (Fsp3) is 0.143. The van der Waals surface area contributed by atoms with Gasteiger partial charge in [0.2, 0.25) is 0 Å². The van der Waals surface area contributed by atoms with Gasteiger partial charge in [-0.05, 0) is 61.4 Å². The average Bonchev–Trinajstić information content (AvgIpc) is 2.55. The number of allylic oxidation sites excluding steroid dienone is 2. The summed E-state index contributed by atoms with van der Waals surface area (Å²) >= 11 is 0. The van der Waals surface area contributed by atoms with Crippen molar-refractivity contribution >= 4 is 22.1 Å². The van der Waals surface area contributed by atoms with E-state index in [4.69, 9.17) is 0 Å². The molecule has 3 aromatic carbocycles. The van der Waals surface area contributed by atoms with Crippen molar-refractivity contribution in [3.8, 4) is 0 Å². The second kappa shape index (κ2) is 6.07. The first kappa shape index (κ1) is 14.4. The number of aryl methyl sites for hydroxylation is 1. The Morgan fingerprint density at radius 2 is 1.55 bits per heavy atom. The van der Waals surface area contributed by atoms with Gasteiger partial charge >= 0.3 is 0 Å². The maximum absolute atomic E-state index is 2.30. The molecule has 0 heterocycles. The smallest absolute Gasteiger partial charge is 0.0464 e. The Morgan fingerprint density at radius 3 is 2.27 bits per heavy atom. The minimum absolute atomic E-state index is 1.19. The van der Waals surface area contributed by atoms with E-state index in [0.717, 1.165) is 0 Å². The summed E-state index contributed by atoms with van der Waals surface area (Å²) in [5.41, 5.74) is 4.89. The lowest BCUT2D eigenvalue weighted by Crippen LogP contribution is -2.14. The predicted molar refractivity (Wildman–Crippen MR) is 96.7 cm³/mol. The van der Waals surface area contributed by atoms with Crippen LogP contribution >= 0.6 is 0 Å². The van der Waals surface area contributed by atoms with E-state index in [0.29, 0.717) is 0 Å². The van der Waals surface area contributed by atoms with Crippen LogP contribution in [0, 0.1) is 6.92 Å². The van der Waals surface area contributed by atoms with Gasteiger partial charge in [0, 0.05) is 17.1 Å². The van der Waals surface area contributed by atoms with E-state index in [1.54, 1.807) is 0 Å². The fourth-order valence-electron chi connectivity index (χ4n) is 2.77. The van der Waals surface area contributed by atoms with E-state index >= 15 is 0 Å². The topological polar surface area (TPSA) is 3.24 Å². The quantitative estimate of drug-likeness (QED) is 0.553. The Hall–Kier alpha value is -2.54. The highest BCUT2D eigenvalue weighted by atomic mass is 15.1. The summed E-state index contributed by atoms with van der Waals surface area (Å²) in [7, 11) is 0. The lowest BCUT2D eigenvalue weighted by Gasteiger charge is -2.26. The minimum atomic E-state index is 1.19. The molecule has 0 unspecified atom stereocenters. The number of anilines is 2. The summed E-state index contributed by atoms with van der Waals surface area (Å²) in [5.74, 6) is 0. The van der Waals surface area contributed by atoms with Gasteiger partial charge in [0.15, 0.2) is 0 Å². The number of benzene rings is 3. The van der Waals surface area contributed by atoms with E-state index in [1.165, 1.54) is 33.4 Å². The first-order chi connectivity index (χ1) is 10.7. The Balaban J connectivity index is 2.16. The molecule has 0 fully saturated rings. The molecule has 0 aliphatic rings. The van der Waals surface area contributed by atoms with Gasteiger partial charge in [-0.2, -0.15) is 0 Å². The first-order valence-electron chi connectivity index (χ1n) is 7.67.